The first-order valence-electron chi connectivity index (χ1n) is 6.40. The molecule has 0 aliphatic carbocycles. The second-order valence-corrected chi connectivity index (χ2v) is 5.98. The molecule has 3 rings (SSSR count). The number of hydrogen-bond donors (Lipinski definition) is 2. The molecule has 0 fully saturated rings. The highest BCUT2D eigenvalue weighted by Crippen LogP contribution is 2.29. The first-order valence-corrected chi connectivity index (χ1v) is 7.59. The van der Waals surface area contributed by atoms with Crippen molar-refractivity contribution in [3.05, 3.63) is 57.6 Å². The molecule has 23 heavy (non-hydrogen) atoms. The van der Waals surface area contributed by atoms with E-state index in [0.29, 0.717) is 26.1 Å². The average Bonchev–Trinajstić information content (AvgIpc) is 2.87. The first-order chi connectivity index (χ1) is 11.0. The van der Waals surface area contributed by atoms with Gasteiger partial charge in [-0.05, 0) is 24.3 Å². The van der Waals surface area contributed by atoms with Crippen molar-refractivity contribution in [3.63, 3.8) is 0 Å². The maximum atomic E-state index is 11.9. The summed E-state index contributed by atoms with van der Waals surface area (Å²) in [6.45, 7) is 0. The first kappa shape index (κ1) is 15.2. The molecule has 0 aliphatic heterocycles. The standard InChI is InChI=1S/C14H9ClN4O3S/c15-8-2-1-3-9(6-8)16-13(20)18-14-17-11-5-4-10(19(21)22)7-12(11)23-14/h1-7H,(H2,16,17,18,20). The van der Waals surface area contributed by atoms with Gasteiger partial charge < -0.3 is 5.32 Å². The summed E-state index contributed by atoms with van der Waals surface area (Å²) in [6.07, 6.45) is 0. The lowest BCUT2D eigenvalue weighted by Gasteiger charge is -2.05. The molecule has 0 bridgehead atoms. The van der Waals surface area contributed by atoms with E-state index in [1.54, 1.807) is 30.3 Å². The van der Waals surface area contributed by atoms with E-state index in [1.165, 1.54) is 12.1 Å². The highest BCUT2D eigenvalue weighted by Gasteiger charge is 2.12. The lowest BCUT2D eigenvalue weighted by molar-refractivity contribution is -0.384. The quantitative estimate of drug-likeness (QED) is 0.537. The molecule has 0 saturated heterocycles. The molecule has 9 heteroatoms. The van der Waals surface area contributed by atoms with Crippen LogP contribution in [0.15, 0.2) is 42.5 Å². The van der Waals surface area contributed by atoms with Crippen molar-refractivity contribution in [1.29, 1.82) is 0 Å². The highest BCUT2D eigenvalue weighted by atomic mass is 35.5. The number of thiazole rings is 1. The van der Waals surface area contributed by atoms with Crippen LogP contribution in [0.1, 0.15) is 0 Å². The SMILES string of the molecule is O=C(Nc1cccc(Cl)c1)Nc1nc2ccc([N+](=O)[O-])cc2s1. The Bertz CT molecular complexity index is 912. The van der Waals surface area contributed by atoms with Crippen molar-refractivity contribution in [1.82, 2.24) is 4.98 Å². The van der Waals surface area contributed by atoms with Crippen LogP contribution in [0.2, 0.25) is 5.02 Å². The molecule has 7 nitrogen and oxygen atoms in total. The van der Waals surface area contributed by atoms with Gasteiger partial charge in [0.1, 0.15) is 0 Å². The summed E-state index contributed by atoms with van der Waals surface area (Å²) in [6, 6.07) is 10.6. The zero-order chi connectivity index (χ0) is 16.4. The van der Waals surface area contributed by atoms with Gasteiger partial charge in [0.2, 0.25) is 0 Å². The van der Waals surface area contributed by atoms with E-state index in [2.05, 4.69) is 15.6 Å². The summed E-state index contributed by atoms with van der Waals surface area (Å²) in [5, 5.41) is 16.8. The second-order valence-electron chi connectivity index (χ2n) is 4.52. The number of rotatable bonds is 3. The number of aromatic nitrogens is 1. The van der Waals surface area contributed by atoms with E-state index >= 15 is 0 Å². The fourth-order valence-electron chi connectivity index (χ4n) is 1.91. The number of nitro benzene ring substituents is 1. The summed E-state index contributed by atoms with van der Waals surface area (Å²) in [5.41, 5.74) is 1.11. The number of benzene rings is 2. The molecule has 2 aromatic carbocycles. The maximum Gasteiger partial charge on any atom is 0.325 e. The second kappa shape index (κ2) is 6.19. The smallest absolute Gasteiger partial charge is 0.308 e. The molecule has 0 radical (unpaired) electrons. The summed E-state index contributed by atoms with van der Waals surface area (Å²) in [4.78, 5) is 26.4. The fourth-order valence-corrected chi connectivity index (χ4v) is 2.99. The number of non-ortho nitro benzene ring substituents is 1. The van der Waals surface area contributed by atoms with Crippen LogP contribution in [0.3, 0.4) is 0 Å². The third-order valence-electron chi connectivity index (χ3n) is 2.89. The van der Waals surface area contributed by atoms with Gasteiger partial charge in [0.15, 0.2) is 5.13 Å². The van der Waals surface area contributed by atoms with Crippen molar-refractivity contribution in [2.24, 2.45) is 0 Å². The van der Waals surface area contributed by atoms with Crippen LogP contribution in [0.4, 0.5) is 21.3 Å². The number of hydrogen-bond acceptors (Lipinski definition) is 5. The Kier molecular flexibility index (Phi) is 4.09. The van der Waals surface area contributed by atoms with E-state index in [1.807, 2.05) is 0 Å². The number of nitrogens with one attached hydrogen (secondary N) is 2. The van der Waals surface area contributed by atoms with Gasteiger partial charge in [0, 0.05) is 22.8 Å². The topological polar surface area (TPSA) is 97.2 Å². The third-order valence-corrected chi connectivity index (χ3v) is 4.05. The Morgan fingerprint density at radius 2 is 2.04 bits per heavy atom. The van der Waals surface area contributed by atoms with Gasteiger partial charge in [-0.15, -0.1) is 0 Å². The number of nitro groups is 1. The van der Waals surface area contributed by atoms with E-state index in [0.717, 1.165) is 11.3 Å². The number of fused-ring (bicyclic) bond motifs is 1. The molecule has 3 aromatic rings. The summed E-state index contributed by atoms with van der Waals surface area (Å²) < 4.78 is 0.622. The van der Waals surface area contributed by atoms with E-state index in [9.17, 15) is 14.9 Å². The molecule has 1 heterocycles. The van der Waals surface area contributed by atoms with E-state index < -0.39 is 11.0 Å². The summed E-state index contributed by atoms with van der Waals surface area (Å²) >= 11 is 7.00. The predicted octanol–water partition coefficient (Wildman–Crippen LogP) is 4.50. The van der Waals surface area contributed by atoms with Gasteiger partial charge in [-0.25, -0.2) is 9.78 Å². The molecule has 0 aliphatic rings. The minimum absolute atomic E-state index is 0.0175. The summed E-state index contributed by atoms with van der Waals surface area (Å²) in [7, 11) is 0. The van der Waals surface area contributed by atoms with E-state index in [-0.39, 0.29) is 5.69 Å². The van der Waals surface area contributed by atoms with Gasteiger partial charge >= 0.3 is 6.03 Å². The maximum absolute atomic E-state index is 11.9. The normalized spacial score (nSPS) is 10.5. The average molecular weight is 349 g/mol. The Labute approximate surface area is 139 Å². The highest BCUT2D eigenvalue weighted by molar-refractivity contribution is 7.22. The molecular weight excluding hydrogens is 340 g/mol. The van der Waals surface area contributed by atoms with Crippen LogP contribution in [0.5, 0.6) is 0 Å². The molecule has 0 saturated carbocycles. The van der Waals surface area contributed by atoms with Crippen molar-refractivity contribution in [3.8, 4) is 0 Å². The zero-order valence-electron chi connectivity index (χ0n) is 11.4. The van der Waals surface area contributed by atoms with Gasteiger partial charge in [-0.3, -0.25) is 15.4 Å². The number of anilines is 2. The molecule has 0 spiro atoms. The lowest BCUT2D eigenvalue weighted by Crippen LogP contribution is -2.19. The predicted molar refractivity (Wildman–Crippen MR) is 90.4 cm³/mol. The van der Waals surface area contributed by atoms with Crippen LogP contribution in [-0.4, -0.2) is 15.9 Å². The molecule has 0 atom stereocenters. The van der Waals surface area contributed by atoms with Crippen LogP contribution in [0.25, 0.3) is 10.2 Å². The number of halogens is 1. The van der Waals surface area contributed by atoms with Crippen molar-refractivity contribution < 1.29 is 9.72 Å². The molecule has 116 valence electrons. The number of carbonyl (C=O) groups is 1. The van der Waals surface area contributed by atoms with Gasteiger partial charge in [-0.1, -0.05) is 29.0 Å². The fraction of sp³-hybridized carbons (Fsp3) is 0. The zero-order valence-corrected chi connectivity index (χ0v) is 13.0. The largest absolute Gasteiger partial charge is 0.325 e. The van der Waals surface area contributed by atoms with Gasteiger partial charge in [0.25, 0.3) is 5.69 Å². The molecule has 0 unspecified atom stereocenters. The van der Waals surface area contributed by atoms with E-state index in [4.69, 9.17) is 11.6 Å². The van der Waals surface area contributed by atoms with Gasteiger partial charge in [-0.2, -0.15) is 0 Å². The van der Waals surface area contributed by atoms with Crippen molar-refractivity contribution in [2.75, 3.05) is 10.6 Å². The third kappa shape index (κ3) is 3.55. The Hall–Kier alpha value is -2.71. The minimum Gasteiger partial charge on any atom is -0.308 e. The Balaban J connectivity index is 1.75. The minimum atomic E-state index is -0.474. The number of nitrogens with zero attached hydrogens (tertiary/aromatic N) is 2. The Morgan fingerprint density at radius 3 is 2.78 bits per heavy atom. The molecular formula is C14H9ClN4O3S. The number of carbonyl (C=O) groups excluding carboxylic acids is 1. The number of amides is 2. The molecule has 2 amide bonds. The van der Waals surface area contributed by atoms with Crippen LogP contribution in [0, 0.1) is 10.1 Å². The lowest BCUT2D eigenvalue weighted by atomic mass is 10.3. The van der Waals surface area contributed by atoms with Crippen molar-refractivity contribution >= 4 is 55.7 Å². The number of urea groups is 1. The van der Waals surface area contributed by atoms with Gasteiger partial charge in [0.05, 0.1) is 15.1 Å². The Morgan fingerprint density at radius 1 is 1.22 bits per heavy atom. The molecule has 2 N–H and O–H groups in total. The molecule has 1 aromatic heterocycles. The van der Waals surface area contributed by atoms with Crippen LogP contribution < -0.4 is 10.6 Å². The van der Waals surface area contributed by atoms with Crippen molar-refractivity contribution in [2.45, 2.75) is 0 Å². The van der Waals surface area contributed by atoms with Crippen LogP contribution in [-0.2, 0) is 0 Å². The van der Waals surface area contributed by atoms with Crippen LogP contribution >= 0.6 is 22.9 Å². The monoisotopic (exact) mass is 348 g/mol. The summed E-state index contributed by atoms with van der Waals surface area (Å²) in [5.74, 6) is 0.